The Balaban J connectivity index is 1.34. The van der Waals surface area contributed by atoms with Crippen molar-refractivity contribution in [3.05, 3.63) is 125 Å². The SMILES string of the molecule is CC(=O)NCc1ccccc1-c1ccc([C@@H]2O[C@H](CN(C)C[C@@H](O)c3cccc(O)c3)C[C@H](c3ccc(CO)cc3)O2)cc1. The second kappa shape index (κ2) is 14.6. The van der Waals surface area contributed by atoms with Crippen LogP contribution in [0.4, 0.5) is 0 Å². The smallest absolute Gasteiger partial charge is 0.217 e. The summed E-state index contributed by atoms with van der Waals surface area (Å²) in [6.07, 6.45) is -1.16. The van der Waals surface area contributed by atoms with Gasteiger partial charge < -0.3 is 35.0 Å². The third kappa shape index (κ3) is 8.11. The standard InChI is InChI=1S/C36H40N2O6/c1-24(40)37-20-30-6-3-4-9-33(30)26-14-16-28(17-15-26)36-43-32(19-35(44-36)27-12-10-25(23-39)11-13-27)21-38(2)22-34(42)29-7-5-8-31(41)18-29/h3-18,32,34-36,39,41-42H,19-23H2,1-2H3,(H,37,40)/t32-,34+,35+,36+/m0/s1. The second-order valence-electron chi connectivity index (χ2n) is 11.4. The first-order chi connectivity index (χ1) is 21.3. The average Bonchev–Trinajstić information content (AvgIpc) is 3.04. The van der Waals surface area contributed by atoms with E-state index in [9.17, 15) is 20.1 Å². The molecule has 1 fully saturated rings. The Hall–Kier alpha value is -4.05. The topological polar surface area (TPSA) is 111 Å². The van der Waals surface area contributed by atoms with E-state index in [4.69, 9.17) is 9.47 Å². The van der Waals surface area contributed by atoms with E-state index in [1.807, 2.05) is 84.7 Å². The highest BCUT2D eigenvalue weighted by Gasteiger charge is 2.33. The van der Waals surface area contributed by atoms with E-state index in [1.54, 1.807) is 24.3 Å². The lowest BCUT2D eigenvalue weighted by molar-refractivity contribution is -0.252. The number of hydrogen-bond acceptors (Lipinski definition) is 7. The van der Waals surface area contributed by atoms with Crippen molar-refractivity contribution in [3.8, 4) is 16.9 Å². The Bertz CT molecular complexity index is 1520. The van der Waals surface area contributed by atoms with Crippen molar-refractivity contribution in [1.82, 2.24) is 10.2 Å². The first-order valence-corrected chi connectivity index (χ1v) is 14.9. The number of aromatic hydroxyl groups is 1. The zero-order valence-corrected chi connectivity index (χ0v) is 25.1. The van der Waals surface area contributed by atoms with Gasteiger partial charge in [-0.15, -0.1) is 0 Å². The first kappa shape index (κ1) is 31.4. The van der Waals surface area contributed by atoms with E-state index in [1.165, 1.54) is 6.92 Å². The molecule has 5 rings (SSSR count). The number of phenols is 1. The number of phenolic OH excluding ortho intramolecular Hbond substituents is 1. The molecule has 1 aliphatic rings. The quantitative estimate of drug-likeness (QED) is 0.184. The number of nitrogens with zero attached hydrogens (tertiary/aromatic N) is 1. The van der Waals surface area contributed by atoms with Gasteiger partial charge in [0.2, 0.25) is 5.91 Å². The molecule has 4 aromatic rings. The Morgan fingerprint density at radius 3 is 2.39 bits per heavy atom. The summed E-state index contributed by atoms with van der Waals surface area (Å²) in [4.78, 5) is 13.5. The third-order valence-corrected chi connectivity index (χ3v) is 7.91. The summed E-state index contributed by atoms with van der Waals surface area (Å²) in [5, 5.41) is 33.0. The molecular weight excluding hydrogens is 556 g/mol. The van der Waals surface area contributed by atoms with Crippen LogP contribution in [0.5, 0.6) is 5.75 Å². The fourth-order valence-electron chi connectivity index (χ4n) is 5.58. The van der Waals surface area contributed by atoms with Gasteiger partial charge in [0.15, 0.2) is 6.29 Å². The third-order valence-electron chi connectivity index (χ3n) is 7.91. The maximum atomic E-state index is 11.5. The summed E-state index contributed by atoms with van der Waals surface area (Å²) in [6.45, 7) is 2.88. The van der Waals surface area contributed by atoms with Gasteiger partial charge in [0, 0.05) is 38.5 Å². The zero-order chi connectivity index (χ0) is 31.1. The number of rotatable bonds is 11. The summed E-state index contributed by atoms with van der Waals surface area (Å²) in [7, 11) is 1.94. The molecule has 0 aromatic heterocycles. The van der Waals surface area contributed by atoms with Crippen molar-refractivity contribution in [2.75, 3.05) is 20.1 Å². The van der Waals surface area contributed by atoms with Crippen LogP contribution >= 0.6 is 0 Å². The molecular formula is C36H40N2O6. The molecule has 4 atom stereocenters. The number of likely N-dealkylation sites (N-methyl/N-ethyl adjacent to an activating group) is 1. The van der Waals surface area contributed by atoms with Gasteiger partial charge in [0.1, 0.15) is 5.75 Å². The predicted octanol–water partition coefficient (Wildman–Crippen LogP) is 5.40. The lowest BCUT2D eigenvalue weighted by Gasteiger charge is -2.38. The minimum atomic E-state index is -0.759. The van der Waals surface area contributed by atoms with E-state index < -0.39 is 12.4 Å². The highest BCUT2D eigenvalue weighted by Crippen LogP contribution is 2.39. The summed E-state index contributed by atoms with van der Waals surface area (Å²) in [5.41, 5.74) is 6.49. The van der Waals surface area contributed by atoms with E-state index in [0.717, 1.165) is 33.4 Å². The van der Waals surface area contributed by atoms with Crippen molar-refractivity contribution in [1.29, 1.82) is 0 Å². The molecule has 0 spiro atoms. The zero-order valence-electron chi connectivity index (χ0n) is 25.1. The molecule has 0 bridgehead atoms. The van der Waals surface area contributed by atoms with Crippen LogP contribution in [0.1, 0.15) is 59.7 Å². The lowest BCUT2D eigenvalue weighted by Crippen LogP contribution is -2.39. The van der Waals surface area contributed by atoms with Crippen LogP contribution in [0.15, 0.2) is 97.1 Å². The number of carbonyl (C=O) groups excluding carboxylic acids is 1. The van der Waals surface area contributed by atoms with Gasteiger partial charge in [-0.3, -0.25) is 4.79 Å². The Labute approximate surface area is 258 Å². The number of benzene rings is 4. The van der Waals surface area contributed by atoms with E-state index in [-0.39, 0.29) is 30.5 Å². The molecule has 8 heteroatoms. The van der Waals surface area contributed by atoms with Crippen LogP contribution in [-0.4, -0.2) is 52.4 Å². The van der Waals surface area contributed by atoms with Crippen molar-refractivity contribution < 1.29 is 29.6 Å². The molecule has 1 amide bonds. The number of aliphatic hydroxyl groups is 2. The summed E-state index contributed by atoms with van der Waals surface area (Å²) in [6, 6.07) is 30.6. The second-order valence-corrected chi connectivity index (χ2v) is 11.4. The molecule has 0 saturated carbocycles. The molecule has 8 nitrogen and oxygen atoms in total. The van der Waals surface area contributed by atoms with E-state index in [2.05, 4.69) is 5.32 Å². The fraction of sp³-hybridized carbons (Fsp3) is 0.306. The number of amides is 1. The Morgan fingerprint density at radius 1 is 0.955 bits per heavy atom. The average molecular weight is 597 g/mol. The van der Waals surface area contributed by atoms with Gasteiger partial charge in [-0.1, -0.05) is 84.9 Å². The minimum absolute atomic E-state index is 0.0211. The molecule has 1 heterocycles. The van der Waals surface area contributed by atoms with Crippen LogP contribution in [0.3, 0.4) is 0 Å². The fourth-order valence-corrected chi connectivity index (χ4v) is 5.58. The van der Waals surface area contributed by atoms with Crippen LogP contribution in [0.2, 0.25) is 0 Å². The molecule has 1 saturated heterocycles. The number of hydrogen-bond donors (Lipinski definition) is 4. The van der Waals surface area contributed by atoms with Crippen molar-refractivity contribution in [2.45, 2.75) is 51.1 Å². The Kier molecular flexibility index (Phi) is 10.4. The van der Waals surface area contributed by atoms with Crippen LogP contribution in [-0.2, 0) is 27.4 Å². The van der Waals surface area contributed by atoms with Crippen molar-refractivity contribution in [3.63, 3.8) is 0 Å². The van der Waals surface area contributed by atoms with E-state index >= 15 is 0 Å². The number of carbonyl (C=O) groups is 1. The predicted molar refractivity (Wildman–Crippen MR) is 168 cm³/mol. The van der Waals surface area contributed by atoms with Gasteiger partial charge >= 0.3 is 0 Å². The molecule has 0 radical (unpaired) electrons. The summed E-state index contributed by atoms with van der Waals surface area (Å²) < 4.78 is 13.0. The van der Waals surface area contributed by atoms with Crippen molar-refractivity contribution in [2.24, 2.45) is 0 Å². The molecule has 1 aliphatic heterocycles. The number of ether oxygens (including phenoxy) is 2. The maximum Gasteiger partial charge on any atom is 0.217 e. The molecule has 4 N–H and O–H groups in total. The number of aliphatic hydroxyl groups excluding tert-OH is 2. The maximum absolute atomic E-state index is 11.5. The first-order valence-electron chi connectivity index (χ1n) is 14.9. The summed E-state index contributed by atoms with van der Waals surface area (Å²) >= 11 is 0. The van der Waals surface area contributed by atoms with Crippen molar-refractivity contribution >= 4 is 5.91 Å². The molecule has 0 aliphatic carbocycles. The van der Waals surface area contributed by atoms with Gasteiger partial charge in [-0.05, 0) is 52.6 Å². The minimum Gasteiger partial charge on any atom is -0.508 e. The molecule has 44 heavy (non-hydrogen) atoms. The van der Waals surface area contributed by atoms with Gasteiger partial charge in [-0.2, -0.15) is 0 Å². The number of nitrogens with one attached hydrogen (secondary N) is 1. The van der Waals surface area contributed by atoms with Gasteiger partial charge in [0.25, 0.3) is 0 Å². The largest absolute Gasteiger partial charge is 0.508 e. The molecule has 4 aromatic carbocycles. The Morgan fingerprint density at radius 2 is 1.68 bits per heavy atom. The normalized spacial score (nSPS) is 19.1. The highest BCUT2D eigenvalue weighted by atomic mass is 16.7. The lowest BCUT2D eigenvalue weighted by atomic mass is 9.97. The highest BCUT2D eigenvalue weighted by molar-refractivity contribution is 5.74. The molecule has 0 unspecified atom stereocenters. The van der Waals surface area contributed by atoms with Gasteiger partial charge in [0.05, 0.1) is 24.9 Å². The monoisotopic (exact) mass is 596 g/mol. The van der Waals surface area contributed by atoms with E-state index in [0.29, 0.717) is 31.6 Å². The van der Waals surface area contributed by atoms with Crippen LogP contribution in [0.25, 0.3) is 11.1 Å². The van der Waals surface area contributed by atoms with Crippen LogP contribution in [0, 0.1) is 0 Å². The van der Waals surface area contributed by atoms with Crippen LogP contribution < -0.4 is 5.32 Å². The summed E-state index contributed by atoms with van der Waals surface area (Å²) in [5.74, 6) is 0.0495. The molecule has 230 valence electrons. The van der Waals surface area contributed by atoms with Gasteiger partial charge in [-0.25, -0.2) is 0 Å².